The molecule has 0 fully saturated rings. The molecular formula is C12H15N3OS. The van der Waals surface area contributed by atoms with Crippen LogP contribution in [0.5, 0.6) is 5.75 Å². The molecule has 1 N–H and O–H groups in total. The molecule has 5 heteroatoms. The van der Waals surface area contributed by atoms with E-state index in [9.17, 15) is 0 Å². The second kappa shape index (κ2) is 5.75. The average Bonchev–Trinajstić information content (AvgIpc) is 2.89. The van der Waals surface area contributed by atoms with E-state index in [1.807, 2.05) is 18.2 Å². The molecule has 0 aliphatic rings. The zero-order chi connectivity index (χ0) is 12.1. The van der Waals surface area contributed by atoms with E-state index in [-0.39, 0.29) is 6.04 Å². The summed E-state index contributed by atoms with van der Waals surface area (Å²) < 4.78 is 13.6. The van der Waals surface area contributed by atoms with Crippen molar-refractivity contribution >= 4 is 11.7 Å². The molecule has 90 valence electrons. The Morgan fingerprint density at radius 2 is 2.35 bits per heavy atom. The van der Waals surface area contributed by atoms with Crippen LogP contribution in [0.2, 0.25) is 0 Å². The molecule has 4 nitrogen and oxygen atoms in total. The average molecular weight is 249 g/mol. The monoisotopic (exact) mass is 249 g/mol. The first-order valence-electron chi connectivity index (χ1n) is 5.50. The summed E-state index contributed by atoms with van der Waals surface area (Å²) in [7, 11) is 1.67. The Bertz CT molecular complexity index is 459. The SMILES string of the molecule is CCNC(c1cccc(OC)c1)c1cnsn1. The maximum atomic E-state index is 5.24. The normalized spacial score (nSPS) is 12.4. The van der Waals surface area contributed by atoms with Gasteiger partial charge in [0.1, 0.15) is 5.75 Å². The number of aromatic nitrogens is 2. The van der Waals surface area contributed by atoms with E-state index in [0.29, 0.717) is 0 Å². The van der Waals surface area contributed by atoms with Crippen molar-refractivity contribution in [3.63, 3.8) is 0 Å². The van der Waals surface area contributed by atoms with Gasteiger partial charge in [0.15, 0.2) is 0 Å². The Morgan fingerprint density at radius 1 is 1.47 bits per heavy atom. The van der Waals surface area contributed by atoms with E-state index >= 15 is 0 Å². The predicted octanol–water partition coefficient (Wildman–Crippen LogP) is 2.25. The van der Waals surface area contributed by atoms with Gasteiger partial charge >= 0.3 is 0 Å². The van der Waals surface area contributed by atoms with E-state index < -0.39 is 0 Å². The van der Waals surface area contributed by atoms with Crippen molar-refractivity contribution in [3.05, 3.63) is 41.7 Å². The molecule has 0 bridgehead atoms. The highest BCUT2D eigenvalue weighted by Gasteiger charge is 2.15. The topological polar surface area (TPSA) is 47.0 Å². The van der Waals surface area contributed by atoms with Crippen LogP contribution in [0, 0.1) is 0 Å². The van der Waals surface area contributed by atoms with Crippen LogP contribution in [0.4, 0.5) is 0 Å². The third-order valence-corrected chi connectivity index (χ3v) is 3.00. The molecule has 0 spiro atoms. The number of nitrogens with zero attached hydrogens (tertiary/aromatic N) is 2. The maximum Gasteiger partial charge on any atom is 0.119 e. The van der Waals surface area contributed by atoms with Crippen molar-refractivity contribution in [3.8, 4) is 5.75 Å². The molecule has 2 aromatic rings. The molecule has 17 heavy (non-hydrogen) atoms. The van der Waals surface area contributed by atoms with Crippen LogP contribution in [0.15, 0.2) is 30.5 Å². The van der Waals surface area contributed by atoms with Gasteiger partial charge in [0.25, 0.3) is 0 Å². The van der Waals surface area contributed by atoms with Crippen LogP contribution in [0.1, 0.15) is 24.2 Å². The zero-order valence-corrected chi connectivity index (χ0v) is 10.7. The van der Waals surface area contributed by atoms with Crippen LogP contribution >= 0.6 is 11.7 Å². The van der Waals surface area contributed by atoms with Gasteiger partial charge in [0.05, 0.1) is 36.8 Å². The van der Waals surface area contributed by atoms with Gasteiger partial charge in [0.2, 0.25) is 0 Å². The molecule has 1 aromatic heterocycles. The second-order valence-electron chi connectivity index (χ2n) is 3.60. The van der Waals surface area contributed by atoms with Crippen molar-refractivity contribution in [2.45, 2.75) is 13.0 Å². The lowest BCUT2D eigenvalue weighted by molar-refractivity contribution is 0.413. The van der Waals surface area contributed by atoms with Crippen LogP contribution < -0.4 is 10.1 Å². The van der Waals surface area contributed by atoms with Gasteiger partial charge in [0, 0.05) is 0 Å². The first-order chi connectivity index (χ1) is 8.35. The lowest BCUT2D eigenvalue weighted by Crippen LogP contribution is -2.22. The highest BCUT2D eigenvalue weighted by Crippen LogP contribution is 2.24. The van der Waals surface area contributed by atoms with Crippen LogP contribution in [0.25, 0.3) is 0 Å². The molecule has 0 saturated carbocycles. The third-order valence-electron chi connectivity index (χ3n) is 2.51. The molecule has 0 saturated heterocycles. The summed E-state index contributed by atoms with van der Waals surface area (Å²) in [6.45, 7) is 2.95. The number of methoxy groups -OCH3 is 1. The lowest BCUT2D eigenvalue weighted by atomic mass is 10.0. The van der Waals surface area contributed by atoms with E-state index in [1.165, 1.54) is 11.7 Å². The number of rotatable bonds is 5. The fourth-order valence-corrected chi connectivity index (χ4v) is 2.17. The van der Waals surface area contributed by atoms with Crippen molar-refractivity contribution < 1.29 is 4.74 Å². The highest BCUT2D eigenvalue weighted by molar-refractivity contribution is 6.99. The fourth-order valence-electron chi connectivity index (χ4n) is 1.72. The molecular weight excluding hydrogens is 234 g/mol. The van der Waals surface area contributed by atoms with E-state index in [0.717, 1.165) is 23.6 Å². The number of ether oxygens (including phenoxy) is 1. The highest BCUT2D eigenvalue weighted by atomic mass is 32.1. The van der Waals surface area contributed by atoms with Gasteiger partial charge in [-0.05, 0) is 24.2 Å². The standard InChI is InChI=1S/C12H15N3OS/c1-3-13-12(11-8-14-17-15-11)9-5-4-6-10(7-9)16-2/h4-8,12-13H,3H2,1-2H3. The van der Waals surface area contributed by atoms with Crippen LogP contribution in [-0.4, -0.2) is 22.4 Å². The smallest absolute Gasteiger partial charge is 0.119 e. The Kier molecular flexibility index (Phi) is 4.06. The molecule has 0 amide bonds. The summed E-state index contributed by atoms with van der Waals surface area (Å²) in [4.78, 5) is 0. The lowest BCUT2D eigenvalue weighted by Gasteiger charge is -2.16. The van der Waals surface area contributed by atoms with Crippen molar-refractivity contribution in [2.75, 3.05) is 13.7 Å². The predicted molar refractivity (Wildman–Crippen MR) is 68.4 cm³/mol. The number of hydrogen-bond donors (Lipinski definition) is 1. The molecule has 1 aromatic carbocycles. The molecule has 0 aliphatic heterocycles. The summed E-state index contributed by atoms with van der Waals surface area (Å²) in [6.07, 6.45) is 1.80. The first kappa shape index (κ1) is 12.0. The molecule has 0 aliphatic carbocycles. The second-order valence-corrected chi connectivity index (χ2v) is 4.16. The molecule has 2 rings (SSSR count). The molecule has 1 atom stereocenters. The summed E-state index contributed by atoms with van der Waals surface area (Å²) in [5.74, 6) is 0.855. The molecule has 1 heterocycles. The maximum absolute atomic E-state index is 5.24. The summed E-state index contributed by atoms with van der Waals surface area (Å²) in [6, 6.07) is 8.08. The Hall–Kier alpha value is -1.46. The minimum absolute atomic E-state index is 0.0776. The van der Waals surface area contributed by atoms with Gasteiger partial charge in [-0.1, -0.05) is 19.1 Å². The van der Waals surface area contributed by atoms with Gasteiger partial charge in [-0.3, -0.25) is 0 Å². The molecule has 1 unspecified atom stereocenters. The Balaban J connectivity index is 2.32. The van der Waals surface area contributed by atoms with Gasteiger partial charge < -0.3 is 10.1 Å². The minimum Gasteiger partial charge on any atom is -0.497 e. The van der Waals surface area contributed by atoms with Crippen LogP contribution in [0.3, 0.4) is 0 Å². The van der Waals surface area contributed by atoms with E-state index in [2.05, 4.69) is 27.1 Å². The summed E-state index contributed by atoms with van der Waals surface area (Å²) >= 11 is 1.23. The largest absolute Gasteiger partial charge is 0.497 e. The summed E-state index contributed by atoms with van der Waals surface area (Å²) in [5.41, 5.74) is 2.09. The van der Waals surface area contributed by atoms with Crippen molar-refractivity contribution in [1.29, 1.82) is 0 Å². The Labute approximate surface area is 105 Å². The van der Waals surface area contributed by atoms with Crippen molar-refractivity contribution in [1.82, 2.24) is 14.1 Å². The zero-order valence-electron chi connectivity index (χ0n) is 9.88. The first-order valence-corrected chi connectivity index (χ1v) is 6.23. The van der Waals surface area contributed by atoms with Gasteiger partial charge in [-0.15, -0.1) is 0 Å². The minimum atomic E-state index is 0.0776. The van der Waals surface area contributed by atoms with Crippen molar-refractivity contribution in [2.24, 2.45) is 0 Å². The van der Waals surface area contributed by atoms with E-state index in [4.69, 9.17) is 4.74 Å². The third kappa shape index (κ3) is 2.81. The number of benzene rings is 1. The summed E-state index contributed by atoms with van der Waals surface area (Å²) in [5, 5.41) is 3.40. The van der Waals surface area contributed by atoms with E-state index in [1.54, 1.807) is 13.3 Å². The quantitative estimate of drug-likeness (QED) is 0.883. The number of nitrogens with one attached hydrogen (secondary N) is 1. The van der Waals surface area contributed by atoms with Crippen LogP contribution in [-0.2, 0) is 0 Å². The molecule has 0 radical (unpaired) electrons. The fraction of sp³-hybridized carbons (Fsp3) is 0.333. The van der Waals surface area contributed by atoms with Gasteiger partial charge in [-0.2, -0.15) is 8.75 Å². The van der Waals surface area contributed by atoms with Gasteiger partial charge in [-0.25, -0.2) is 0 Å². The number of hydrogen-bond acceptors (Lipinski definition) is 5. The Morgan fingerprint density at radius 3 is 3.00 bits per heavy atom.